The molecular formula is C25H25ClN4. The second kappa shape index (κ2) is 8.58. The minimum Gasteiger partial charge on any atom is -0.382 e. The normalized spacial score (nSPS) is 19.2. The summed E-state index contributed by atoms with van der Waals surface area (Å²) < 4.78 is 0. The van der Waals surface area contributed by atoms with E-state index in [1.165, 1.54) is 23.8 Å². The molecule has 0 spiro atoms. The number of rotatable bonds is 5. The average Bonchev–Trinajstić information content (AvgIpc) is 2.78. The van der Waals surface area contributed by atoms with Gasteiger partial charge in [-0.05, 0) is 67.6 Å². The van der Waals surface area contributed by atoms with Gasteiger partial charge in [0.2, 0.25) is 0 Å². The van der Waals surface area contributed by atoms with Crippen molar-refractivity contribution in [2.45, 2.75) is 44.3 Å². The van der Waals surface area contributed by atoms with E-state index in [1.807, 2.05) is 30.6 Å². The van der Waals surface area contributed by atoms with Gasteiger partial charge in [-0.1, -0.05) is 29.8 Å². The highest BCUT2D eigenvalue weighted by molar-refractivity contribution is 6.31. The topological polar surface area (TPSA) is 49.8 Å². The number of nitrogens with zero attached hydrogens (tertiary/aromatic N) is 2. The maximum atomic E-state index is 6.11. The summed E-state index contributed by atoms with van der Waals surface area (Å²) in [6.07, 6.45) is 8.51. The number of anilines is 1. The van der Waals surface area contributed by atoms with E-state index in [1.54, 1.807) is 0 Å². The van der Waals surface area contributed by atoms with Crippen molar-refractivity contribution >= 4 is 39.1 Å². The van der Waals surface area contributed by atoms with E-state index >= 15 is 0 Å². The molecule has 1 fully saturated rings. The molecule has 2 aromatic heterocycles. The van der Waals surface area contributed by atoms with Gasteiger partial charge in [0.05, 0.1) is 11.0 Å². The molecule has 0 unspecified atom stereocenters. The van der Waals surface area contributed by atoms with E-state index in [2.05, 4.69) is 57.0 Å². The van der Waals surface area contributed by atoms with Crippen LogP contribution in [0.4, 0.5) is 5.69 Å². The van der Waals surface area contributed by atoms with Crippen LogP contribution in [0.1, 0.15) is 31.2 Å². The van der Waals surface area contributed by atoms with Crippen molar-refractivity contribution in [2.24, 2.45) is 0 Å². The number of fused-ring (bicyclic) bond motifs is 2. The fourth-order valence-corrected chi connectivity index (χ4v) is 4.55. The average molecular weight is 417 g/mol. The summed E-state index contributed by atoms with van der Waals surface area (Å²) in [6.45, 7) is 0.871. The molecule has 1 aliphatic carbocycles. The Balaban J connectivity index is 1.16. The van der Waals surface area contributed by atoms with Crippen molar-refractivity contribution in [3.8, 4) is 0 Å². The highest BCUT2D eigenvalue weighted by atomic mass is 35.5. The molecule has 0 saturated heterocycles. The summed E-state index contributed by atoms with van der Waals surface area (Å²) in [5, 5.41) is 10.5. The Hall–Kier alpha value is -2.69. The van der Waals surface area contributed by atoms with Crippen LogP contribution in [0.25, 0.3) is 21.8 Å². The lowest BCUT2D eigenvalue weighted by Crippen LogP contribution is -2.36. The highest BCUT2D eigenvalue weighted by Gasteiger charge is 2.21. The Morgan fingerprint density at radius 3 is 2.60 bits per heavy atom. The number of halogens is 1. The Labute approximate surface area is 181 Å². The van der Waals surface area contributed by atoms with Crippen molar-refractivity contribution in [1.29, 1.82) is 0 Å². The van der Waals surface area contributed by atoms with Gasteiger partial charge in [-0.2, -0.15) is 0 Å². The molecule has 0 bridgehead atoms. The van der Waals surface area contributed by atoms with Crippen molar-refractivity contribution < 1.29 is 0 Å². The predicted molar refractivity (Wildman–Crippen MR) is 125 cm³/mol. The first-order chi connectivity index (χ1) is 14.7. The molecule has 30 heavy (non-hydrogen) atoms. The lowest BCUT2D eigenvalue weighted by Gasteiger charge is -2.30. The van der Waals surface area contributed by atoms with E-state index in [0.29, 0.717) is 12.1 Å². The van der Waals surface area contributed by atoms with Gasteiger partial charge in [0.15, 0.2) is 0 Å². The van der Waals surface area contributed by atoms with Gasteiger partial charge in [0.1, 0.15) is 0 Å². The summed E-state index contributed by atoms with van der Waals surface area (Å²) in [6, 6.07) is 19.5. The van der Waals surface area contributed by atoms with Crippen LogP contribution >= 0.6 is 11.6 Å². The molecule has 4 aromatic rings. The molecule has 0 aliphatic heterocycles. The van der Waals surface area contributed by atoms with E-state index in [9.17, 15) is 0 Å². The van der Waals surface area contributed by atoms with Crippen LogP contribution in [-0.4, -0.2) is 22.1 Å². The van der Waals surface area contributed by atoms with Crippen LogP contribution in [0.15, 0.2) is 67.0 Å². The standard InChI is InChI=1S/C25H25ClN4/c26-19-5-10-22-24(11-12-27-25(22)14-19)30-21-8-6-20(7-9-21)28-15-17-13-18-3-1-2-4-23(18)29-16-17/h1-5,10-14,16,20-21,28H,6-9,15H2,(H,27,30). The number of pyridine rings is 2. The first-order valence-corrected chi connectivity index (χ1v) is 11.0. The summed E-state index contributed by atoms with van der Waals surface area (Å²) >= 11 is 6.11. The molecule has 0 amide bonds. The fraction of sp³-hybridized carbons (Fsp3) is 0.280. The van der Waals surface area contributed by atoms with E-state index in [0.717, 1.165) is 46.5 Å². The zero-order chi connectivity index (χ0) is 20.3. The van der Waals surface area contributed by atoms with Gasteiger partial charge in [0.25, 0.3) is 0 Å². The third kappa shape index (κ3) is 4.25. The molecule has 2 N–H and O–H groups in total. The summed E-state index contributed by atoms with van der Waals surface area (Å²) in [5.74, 6) is 0. The molecule has 1 aliphatic rings. The monoisotopic (exact) mass is 416 g/mol. The number of hydrogen-bond donors (Lipinski definition) is 2. The lowest BCUT2D eigenvalue weighted by molar-refractivity contribution is 0.353. The zero-order valence-electron chi connectivity index (χ0n) is 16.8. The third-order valence-electron chi connectivity index (χ3n) is 6.03. The van der Waals surface area contributed by atoms with Crippen molar-refractivity contribution in [1.82, 2.24) is 15.3 Å². The Morgan fingerprint density at radius 2 is 1.70 bits per heavy atom. The SMILES string of the molecule is Clc1ccc2c(NC3CCC(NCc4cnc5ccccc5c4)CC3)ccnc2c1. The Kier molecular flexibility index (Phi) is 5.52. The van der Waals surface area contributed by atoms with Crippen LogP contribution in [-0.2, 0) is 6.54 Å². The lowest BCUT2D eigenvalue weighted by atomic mass is 9.90. The summed E-state index contributed by atoms with van der Waals surface area (Å²) in [7, 11) is 0. The molecule has 2 heterocycles. The molecule has 0 atom stereocenters. The van der Waals surface area contributed by atoms with Crippen LogP contribution in [0.2, 0.25) is 5.02 Å². The first kappa shape index (κ1) is 19.3. The third-order valence-corrected chi connectivity index (χ3v) is 6.27. The highest BCUT2D eigenvalue weighted by Crippen LogP contribution is 2.28. The number of nitrogens with one attached hydrogen (secondary N) is 2. The van der Waals surface area contributed by atoms with Gasteiger partial charge in [-0.25, -0.2) is 0 Å². The van der Waals surface area contributed by atoms with E-state index in [-0.39, 0.29) is 0 Å². The first-order valence-electron chi connectivity index (χ1n) is 10.6. The van der Waals surface area contributed by atoms with Gasteiger partial charge >= 0.3 is 0 Å². The zero-order valence-corrected chi connectivity index (χ0v) is 17.6. The molecule has 4 nitrogen and oxygen atoms in total. The number of para-hydroxylation sites is 1. The molecule has 1 saturated carbocycles. The number of aromatic nitrogens is 2. The Morgan fingerprint density at radius 1 is 0.867 bits per heavy atom. The molecule has 0 radical (unpaired) electrons. The molecule has 5 heteroatoms. The van der Waals surface area contributed by atoms with Crippen LogP contribution in [0.5, 0.6) is 0 Å². The van der Waals surface area contributed by atoms with E-state index < -0.39 is 0 Å². The molecule has 152 valence electrons. The number of benzene rings is 2. The maximum Gasteiger partial charge on any atom is 0.0737 e. The second-order valence-electron chi connectivity index (χ2n) is 8.13. The minimum absolute atomic E-state index is 0.492. The van der Waals surface area contributed by atoms with Gasteiger partial charge in [0, 0.05) is 52.5 Å². The van der Waals surface area contributed by atoms with Crippen LogP contribution in [0.3, 0.4) is 0 Å². The fourth-order valence-electron chi connectivity index (χ4n) is 4.38. The maximum absolute atomic E-state index is 6.11. The van der Waals surface area contributed by atoms with Crippen molar-refractivity contribution in [3.63, 3.8) is 0 Å². The summed E-state index contributed by atoms with van der Waals surface area (Å²) in [4.78, 5) is 9.01. The molecule has 2 aromatic carbocycles. The van der Waals surface area contributed by atoms with Gasteiger partial charge < -0.3 is 10.6 Å². The van der Waals surface area contributed by atoms with Gasteiger partial charge in [-0.3, -0.25) is 9.97 Å². The largest absolute Gasteiger partial charge is 0.382 e. The van der Waals surface area contributed by atoms with Crippen molar-refractivity contribution in [3.05, 3.63) is 77.6 Å². The molecular weight excluding hydrogens is 392 g/mol. The van der Waals surface area contributed by atoms with Crippen LogP contribution in [0, 0.1) is 0 Å². The van der Waals surface area contributed by atoms with Crippen LogP contribution < -0.4 is 10.6 Å². The number of hydrogen-bond acceptors (Lipinski definition) is 4. The molecule has 5 rings (SSSR count). The predicted octanol–water partition coefficient (Wildman–Crippen LogP) is 5.95. The second-order valence-corrected chi connectivity index (χ2v) is 8.57. The minimum atomic E-state index is 0.492. The smallest absolute Gasteiger partial charge is 0.0737 e. The quantitative estimate of drug-likeness (QED) is 0.422. The Bertz CT molecular complexity index is 1170. The van der Waals surface area contributed by atoms with Gasteiger partial charge in [-0.15, -0.1) is 0 Å². The van der Waals surface area contributed by atoms with Crippen molar-refractivity contribution in [2.75, 3.05) is 5.32 Å². The van der Waals surface area contributed by atoms with E-state index in [4.69, 9.17) is 11.6 Å². The summed E-state index contributed by atoms with van der Waals surface area (Å²) in [5.41, 5.74) is 4.39.